The van der Waals surface area contributed by atoms with E-state index in [1.807, 2.05) is 18.2 Å². The molecular weight excluding hydrogens is 398 g/mol. The number of rotatable bonds is 6. The van der Waals surface area contributed by atoms with Crippen LogP contribution >= 0.6 is 12.4 Å². The molecule has 28 heavy (non-hydrogen) atoms. The highest BCUT2D eigenvalue weighted by Crippen LogP contribution is 2.32. The van der Waals surface area contributed by atoms with Crippen molar-refractivity contribution in [3.05, 3.63) is 65.7 Å². The fourth-order valence-corrected chi connectivity index (χ4v) is 4.69. The van der Waals surface area contributed by atoms with Crippen LogP contribution in [-0.2, 0) is 10.0 Å². The van der Waals surface area contributed by atoms with E-state index in [2.05, 4.69) is 16.9 Å². The van der Waals surface area contributed by atoms with Crippen molar-refractivity contribution in [3.63, 3.8) is 0 Å². The zero-order valence-corrected chi connectivity index (χ0v) is 17.4. The third kappa shape index (κ3) is 4.72. The molecule has 1 fully saturated rings. The van der Waals surface area contributed by atoms with Crippen molar-refractivity contribution in [1.29, 1.82) is 0 Å². The second-order valence-corrected chi connectivity index (χ2v) is 8.52. The molecule has 152 valence electrons. The topological polar surface area (TPSA) is 92.5 Å². The summed E-state index contributed by atoms with van der Waals surface area (Å²) in [6, 6.07) is 16.3. The van der Waals surface area contributed by atoms with Crippen LogP contribution in [0.2, 0.25) is 0 Å². The maximum atomic E-state index is 13.0. The number of nitrogens with one attached hydrogen (secondary N) is 1. The monoisotopic (exact) mass is 423 g/mol. The van der Waals surface area contributed by atoms with Gasteiger partial charge in [0, 0.05) is 31.1 Å². The third-order valence-corrected chi connectivity index (χ3v) is 6.53. The SMILES string of the molecule is CCNS(=O)(=O)c1cccc(C(=O)N2C[C@@H](CN)[C@H](c3ccccc3)C2)c1.Cl. The molecule has 8 heteroatoms. The van der Waals surface area contributed by atoms with Crippen molar-refractivity contribution < 1.29 is 13.2 Å². The lowest BCUT2D eigenvalue weighted by atomic mass is 9.89. The number of likely N-dealkylation sites (tertiary alicyclic amines) is 1. The predicted octanol–water partition coefficient (Wildman–Crippen LogP) is 2.22. The Morgan fingerprint density at radius 2 is 1.86 bits per heavy atom. The Bertz CT molecular complexity index is 906. The van der Waals surface area contributed by atoms with E-state index in [0.29, 0.717) is 31.7 Å². The number of hydrogen-bond acceptors (Lipinski definition) is 4. The van der Waals surface area contributed by atoms with Crippen LogP contribution in [0.15, 0.2) is 59.5 Å². The third-order valence-electron chi connectivity index (χ3n) is 4.98. The maximum Gasteiger partial charge on any atom is 0.253 e. The van der Waals surface area contributed by atoms with Crippen molar-refractivity contribution in [2.75, 3.05) is 26.2 Å². The molecule has 0 aromatic heterocycles. The summed E-state index contributed by atoms with van der Waals surface area (Å²) in [6.45, 7) is 3.66. The first kappa shape index (κ1) is 22.4. The Balaban J connectivity index is 0.00000280. The molecule has 1 heterocycles. The van der Waals surface area contributed by atoms with Crippen molar-refractivity contribution in [2.45, 2.75) is 17.7 Å². The first-order valence-electron chi connectivity index (χ1n) is 9.10. The van der Waals surface area contributed by atoms with Crippen molar-refractivity contribution >= 4 is 28.3 Å². The fraction of sp³-hybridized carbons (Fsp3) is 0.350. The average molecular weight is 424 g/mol. The smallest absolute Gasteiger partial charge is 0.253 e. The Labute approximate surface area is 172 Å². The summed E-state index contributed by atoms with van der Waals surface area (Å²) in [5.74, 6) is 0.208. The van der Waals surface area contributed by atoms with Gasteiger partial charge in [-0.25, -0.2) is 13.1 Å². The van der Waals surface area contributed by atoms with Gasteiger partial charge in [-0.05, 0) is 36.2 Å². The largest absolute Gasteiger partial charge is 0.338 e. The molecule has 0 spiro atoms. The van der Waals surface area contributed by atoms with E-state index >= 15 is 0 Å². The molecule has 0 aliphatic carbocycles. The van der Waals surface area contributed by atoms with Crippen molar-refractivity contribution in [3.8, 4) is 0 Å². The molecule has 0 saturated carbocycles. The quantitative estimate of drug-likeness (QED) is 0.745. The van der Waals surface area contributed by atoms with Crippen LogP contribution in [-0.4, -0.2) is 45.4 Å². The standard InChI is InChI=1S/C20H25N3O3S.ClH/c1-2-22-27(25,26)18-10-6-9-16(11-18)20(24)23-13-17(12-21)19(14-23)15-7-4-3-5-8-15;/h3-11,17,19,22H,2,12-14,21H2,1H3;1H/t17-,19+;/m1./s1. The van der Waals surface area contributed by atoms with Crippen molar-refractivity contribution in [2.24, 2.45) is 11.7 Å². The van der Waals surface area contributed by atoms with E-state index in [0.717, 1.165) is 0 Å². The number of amides is 1. The molecule has 0 radical (unpaired) electrons. The number of sulfonamides is 1. The molecule has 0 unspecified atom stereocenters. The van der Waals surface area contributed by atoms with E-state index in [1.165, 1.54) is 17.7 Å². The zero-order chi connectivity index (χ0) is 19.4. The van der Waals surface area contributed by atoms with E-state index in [1.54, 1.807) is 24.0 Å². The Morgan fingerprint density at radius 1 is 1.14 bits per heavy atom. The normalized spacial score (nSPS) is 19.3. The van der Waals surface area contributed by atoms with E-state index in [4.69, 9.17) is 5.73 Å². The summed E-state index contributed by atoms with van der Waals surface area (Å²) in [6.07, 6.45) is 0. The number of hydrogen-bond donors (Lipinski definition) is 2. The van der Waals surface area contributed by atoms with Crippen LogP contribution in [0.4, 0.5) is 0 Å². The van der Waals surface area contributed by atoms with E-state index in [-0.39, 0.29) is 35.0 Å². The van der Waals surface area contributed by atoms with Gasteiger partial charge in [0.25, 0.3) is 5.91 Å². The molecular formula is C20H26ClN3O3S. The second-order valence-electron chi connectivity index (χ2n) is 6.75. The first-order valence-corrected chi connectivity index (χ1v) is 10.6. The van der Waals surface area contributed by atoms with Gasteiger partial charge in [-0.1, -0.05) is 43.3 Å². The van der Waals surface area contributed by atoms with Gasteiger partial charge in [0.05, 0.1) is 4.90 Å². The molecule has 2 aromatic carbocycles. The second kappa shape index (κ2) is 9.52. The molecule has 1 amide bonds. The van der Waals surface area contributed by atoms with Gasteiger partial charge in [0.2, 0.25) is 10.0 Å². The molecule has 1 saturated heterocycles. The summed E-state index contributed by atoms with van der Waals surface area (Å²) < 4.78 is 26.9. The number of carbonyl (C=O) groups is 1. The summed E-state index contributed by atoms with van der Waals surface area (Å²) in [4.78, 5) is 14.9. The minimum Gasteiger partial charge on any atom is -0.338 e. The van der Waals surface area contributed by atoms with Gasteiger partial charge in [-0.15, -0.1) is 12.4 Å². The average Bonchev–Trinajstić information content (AvgIpc) is 3.12. The van der Waals surface area contributed by atoms with Crippen LogP contribution < -0.4 is 10.5 Å². The molecule has 6 nitrogen and oxygen atoms in total. The lowest BCUT2D eigenvalue weighted by molar-refractivity contribution is 0.0786. The molecule has 1 aliphatic rings. The summed E-state index contributed by atoms with van der Waals surface area (Å²) in [7, 11) is -3.60. The zero-order valence-electron chi connectivity index (χ0n) is 15.7. The van der Waals surface area contributed by atoms with Gasteiger partial charge < -0.3 is 10.6 Å². The number of nitrogens with zero attached hydrogens (tertiary/aromatic N) is 1. The highest BCUT2D eigenvalue weighted by atomic mass is 35.5. The molecule has 0 bridgehead atoms. The number of nitrogens with two attached hydrogens (primary N) is 1. The minimum absolute atomic E-state index is 0. The van der Waals surface area contributed by atoms with Gasteiger partial charge >= 0.3 is 0 Å². The van der Waals surface area contributed by atoms with Crippen LogP contribution in [0.3, 0.4) is 0 Å². The molecule has 3 rings (SSSR count). The van der Waals surface area contributed by atoms with Gasteiger partial charge in [-0.3, -0.25) is 4.79 Å². The Hall–Kier alpha value is -1.93. The van der Waals surface area contributed by atoms with Gasteiger partial charge in [0.1, 0.15) is 0 Å². The molecule has 2 atom stereocenters. The minimum atomic E-state index is -3.60. The fourth-order valence-electron chi connectivity index (χ4n) is 3.61. The lowest BCUT2D eigenvalue weighted by Crippen LogP contribution is -2.30. The van der Waals surface area contributed by atoms with E-state index in [9.17, 15) is 13.2 Å². The van der Waals surface area contributed by atoms with Crippen LogP contribution in [0.1, 0.15) is 28.8 Å². The molecule has 1 aliphatic heterocycles. The van der Waals surface area contributed by atoms with Crippen LogP contribution in [0, 0.1) is 5.92 Å². The van der Waals surface area contributed by atoms with Crippen LogP contribution in [0.25, 0.3) is 0 Å². The van der Waals surface area contributed by atoms with Crippen molar-refractivity contribution in [1.82, 2.24) is 9.62 Å². The lowest BCUT2D eigenvalue weighted by Gasteiger charge is -2.17. The van der Waals surface area contributed by atoms with Gasteiger partial charge in [0.15, 0.2) is 0 Å². The highest BCUT2D eigenvalue weighted by Gasteiger charge is 2.35. The number of halogens is 1. The number of benzene rings is 2. The van der Waals surface area contributed by atoms with Gasteiger partial charge in [-0.2, -0.15) is 0 Å². The predicted molar refractivity (Wildman–Crippen MR) is 112 cm³/mol. The summed E-state index contributed by atoms with van der Waals surface area (Å²) in [5.41, 5.74) is 7.50. The summed E-state index contributed by atoms with van der Waals surface area (Å²) in [5, 5.41) is 0. The number of carbonyl (C=O) groups excluding carboxylic acids is 1. The Kier molecular flexibility index (Phi) is 7.60. The Morgan fingerprint density at radius 3 is 2.50 bits per heavy atom. The molecule has 3 N–H and O–H groups in total. The first-order chi connectivity index (χ1) is 13.0. The maximum absolute atomic E-state index is 13.0. The highest BCUT2D eigenvalue weighted by molar-refractivity contribution is 7.89. The molecule has 2 aromatic rings. The van der Waals surface area contributed by atoms with E-state index < -0.39 is 10.0 Å². The van der Waals surface area contributed by atoms with Crippen LogP contribution in [0.5, 0.6) is 0 Å². The summed E-state index contributed by atoms with van der Waals surface area (Å²) >= 11 is 0.